The molecule has 1 saturated carbocycles. The lowest BCUT2D eigenvalue weighted by molar-refractivity contribution is -0.131. The molecule has 128 valence electrons. The van der Waals surface area contributed by atoms with Gasteiger partial charge in [-0.2, -0.15) is 5.26 Å². The van der Waals surface area contributed by atoms with Crippen LogP contribution in [0.2, 0.25) is 0 Å². The molecule has 3 unspecified atom stereocenters. The third-order valence-electron chi connectivity index (χ3n) is 5.41. The zero-order chi connectivity index (χ0) is 18.0. The summed E-state index contributed by atoms with van der Waals surface area (Å²) in [6.45, 7) is 13.7. The van der Waals surface area contributed by atoms with Crippen LogP contribution in [0.4, 0.5) is 0 Å². The van der Waals surface area contributed by atoms with Crippen LogP contribution in [-0.2, 0) is 4.79 Å². The Kier molecular flexibility index (Phi) is 5.57. The lowest BCUT2D eigenvalue weighted by atomic mass is 9.52. The number of carbonyl (C=O) groups is 1. The summed E-state index contributed by atoms with van der Waals surface area (Å²) in [5.41, 5.74) is -0.276. The van der Waals surface area contributed by atoms with Gasteiger partial charge >= 0.3 is 0 Å². The zero-order valence-corrected chi connectivity index (χ0v) is 15.6. The number of hydrogen-bond acceptors (Lipinski definition) is 4. The van der Waals surface area contributed by atoms with Gasteiger partial charge < -0.3 is 0 Å². The van der Waals surface area contributed by atoms with Crippen LogP contribution < -0.4 is 4.72 Å². The van der Waals surface area contributed by atoms with Gasteiger partial charge in [0, 0.05) is 16.4 Å². The Hall–Kier alpha value is -1.57. The smallest absolute Gasteiger partial charge is 0.178 e. The van der Waals surface area contributed by atoms with E-state index < -0.39 is 5.41 Å². The summed E-state index contributed by atoms with van der Waals surface area (Å²) in [6.07, 6.45) is 10.3. The Balaban J connectivity index is 2.19. The van der Waals surface area contributed by atoms with Gasteiger partial charge in [-0.3, -0.25) is 9.52 Å². The molecule has 0 aromatic heterocycles. The minimum atomic E-state index is -0.471. The zero-order valence-electron chi connectivity index (χ0n) is 14.8. The molecule has 0 bridgehead atoms. The van der Waals surface area contributed by atoms with Crippen LogP contribution >= 0.6 is 11.9 Å². The quantitative estimate of drug-likeness (QED) is 0.580. The van der Waals surface area contributed by atoms with Crippen LogP contribution in [0.3, 0.4) is 0 Å². The second kappa shape index (κ2) is 7.13. The molecule has 2 rings (SSSR count). The van der Waals surface area contributed by atoms with E-state index in [-0.39, 0.29) is 17.1 Å². The summed E-state index contributed by atoms with van der Waals surface area (Å²) >= 11 is 1.57. The molecular weight excluding hydrogens is 316 g/mol. The number of nitrogens with one attached hydrogen (secondary N) is 1. The van der Waals surface area contributed by atoms with Crippen molar-refractivity contribution in [2.75, 3.05) is 0 Å². The summed E-state index contributed by atoms with van der Waals surface area (Å²) in [5.74, 6) is 0.274. The predicted molar refractivity (Wildman–Crippen MR) is 101 cm³/mol. The molecule has 2 aliphatic carbocycles. The Morgan fingerprint density at radius 2 is 2.12 bits per heavy atom. The highest BCUT2D eigenvalue weighted by Gasteiger charge is 2.53. The molecule has 3 atom stereocenters. The van der Waals surface area contributed by atoms with Crippen LogP contribution in [0.15, 0.2) is 47.9 Å². The predicted octanol–water partition coefficient (Wildman–Crippen LogP) is 4.71. The van der Waals surface area contributed by atoms with Gasteiger partial charge in [-0.1, -0.05) is 52.2 Å². The second-order valence-corrected chi connectivity index (χ2v) is 8.40. The van der Waals surface area contributed by atoms with Gasteiger partial charge in [-0.15, -0.1) is 0 Å². The van der Waals surface area contributed by atoms with E-state index in [1.165, 1.54) is 0 Å². The van der Waals surface area contributed by atoms with E-state index in [0.29, 0.717) is 11.6 Å². The minimum absolute atomic E-state index is 0.00359. The number of hydrogen-bond donors (Lipinski definition) is 1. The number of allylic oxidation sites excluding steroid dienone is 5. The maximum absolute atomic E-state index is 12.5. The number of Topliss-reactive ketones (excluding diaryl/α,β-unsaturated/α-hetero) is 1. The van der Waals surface area contributed by atoms with Crippen molar-refractivity contribution in [2.45, 2.75) is 46.1 Å². The second-order valence-electron chi connectivity index (χ2n) is 7.49. The molecule has 24 heavy (non-hydrogen) atoms. The topological polar surface area (TPSA) is 52.9 Å². The molecule has 2 aliphatic rings. The average molecular weight is 343 g/mol. The molecule has 1 fully saturated rings. The highest BCUT2D eigenvalue weighted by atomic mass is 32.2. The Morgan fingerprint density at radius 3 is 2.71 bits per heavy atom. The van der Waals surface area contributed by atoms with Crippen molar-refractivity contribution in [3.05, 3.63) is 47.9 Å². The monoisotopic (exact) mass is 342 g/mol. The van der Waals surface area contributed by atoms with E-state index in [1.54, 1.807) is 18.0 Å². The molecular formula is C20H26N2OS. The van der Waals surface area contributed by atoms with Crippen molar-refractivity contribution in [2.24, 2.45) is 16.7 Å². The van der Waals surface area contributed by atoms with Crippen molar-refractivity contribution in [1.29, 1.82) is 5.26 Å². The molecule has 1 N–H and O–H groups in total. The van der Waals surface area contributed by atoms with Crippen molar-refractivity contribution < 1.29 is 4.79 Å². The van der Waals surface area contributed by atoms with Crippen LogP contribution in [0.25, 0.3) is 0 Å². The fourth-order valence-electron chi connectivity index (χ4n) is 4.31. The average Bonchev–Trinajstić information content (AvgIpc) is 2.54. The lowest BCUT2D eigenvalue weighted by Crippen LogP contribution is -2.51. The normalized spacial score (nSPS) is 32.3. The number of carbonyl (C=O) groups excluding carboxylic acids is 1. The first-order chi connectivity index (χ1) is 11.3. The maximum atomic E-state index is 12.5. The highest BCUT2D eigenvalue weighted by molar-refractivity contribution is 8.01. The third-order valence-corrected chi connectivity index (χ3v) is 6.40. The molecule has 0 saturated heterocycles. The first-order valence-electron chi connectivity index (χ1n) is 8.33. The summed E-state index contributed by atoms with van der Waals surface area (Å²) < 4.78 is 3.52. The fourth-order valence-corrected chi connectivity index (χ4v) is 5.06. The number of nitrogens with zero attached hydrogens (tertiary/aromatic N) is 1. The molecule has 4 heteroatoms. The highest BCUT2D eigenvalue weighted by Crippen LogP contribution is 2.55. The molecule has 0 aromatic rings. The van der Waals surface area contributed by atoms with Crippen LogP contribution in [-0.4, -0.2) is 11.8 Å². The van der Waals surface area contributed by atoms with E-state index >= 15 is 0 Å². The van der Waals surface area contributed by atoms with E-state index in [4.69, 9.17) is 0 Å². The lowest BCUT2D eigenvalue weighted by Gasteiger charge is -2.52. The van der Waals surface area contributed by atoms with Gasteiger partial charge in [0.25, 0.3) is 0 Å². The molecule has 0 heterocycles. The van der Waals surface area contributed by atoms with E-state index in [1.807, 2.05) is 32.1 Å². The minimum Gasteiger partial charge on any atom is -0.293 e. The van der Waals surface area contributed by atoms with Gasteiger partial charge in [-0.05, 0) is 48.6 Å². The van der Waals surface area contributed by atoms with Crippen molar-refractivity contribution >= 4 is 17.7 Å². The SMILES string of the molecule is C=C/C=C(\C=C)SNC1CCC2C(C)(C=C(C#N)C(=O)C2(C)C)C1. The Labute approximate surface area is 149 Å². The summed E-state index contributed by atoms with van der Waals surface area (Å²) in [6, 6.07) is 2.45. The molecule has 3 nitrogen and oxygen atoms in total. The largest absolute Gasteiger partial charge is 0.293 e. The van der Waals surface area contributed by atoms with Gasteiger partial charge in [0.05, 0.1) is 5.57 Å². The van der Waals surface area contributed by atoms with Gasteiger partial charge in [0.1, 0.15) is 6.07 Å². The molecule has 0 radical (unpaired) electrons. The first kappa shape index (κ1) is 18.8. The van der Waals surface area contributed by atoms with Crippen LogP contribution in [0.1, 0.15) is 40.0 Å². The van der Waals surface area contributed by atoms with Gasteiger partial charge in [0.15, 0.2) is 5.78 Å². The summed E-state index contributed by atoms with van der Waals surface area (Å²) in [5, 5.41) is 9.34. The number of rotatable bonds is 5. The summed E-state index contributed by atoms with van der Waals surface area (Å²) in [4.78, 5) is 13.6. The fraction of sp³-hybridized carbons (Fsp3) is 0.500. The van der Waals surface area contributed by atoms with Crippen molar-refractivity contribution in [3.8, 4) is 6.07 Å². The van der Waals surface area contributed by atoms with Crippen molar-refractivity contribution in [3.63, 3.8) is 0 Å². The molecule has 0 amide bonds. The standard InChI is InChI=1S/C20H26N2OS/c1-6-8-16(7-2)24-22-15-9-10-17-19(3,4)18(23)14(13-21)11-20(17,5)12-15/h6-8,11,15,17,22H,1-2,9-10,12H2,3-5H3/b16-8+. The van der Waals surface area contributed by atoms with Crippen molar-refractivity contribution in [1.82, 2.24) is 4.72 Å². The van der Waals surface area contributed by atoms with E-state index in [0.717, 1.165) is 24.2 Å². The van der Waals surface area contributed by atoms with Gasteiger partial charge in [-0.25, -0.2) is 0 Å². The molecule has 0 aromatic carbocycles. The Morgan fingerprint density at radius 1 is 1.42 bits per heavy atom. The molecule has 0 spiro atoms. The number of ketones is 1. The van der Waals surface area contributed by atoms with Crippen LogP contribution in [0.5, 0.6) is 0 Å². The Bertz CT molecular complexity index is 653. The van der Waals surface area contributed by atoms with E-state index in [9.17, 15) is 10.1 Å². The first-order valence-corrected chi connectivity index (χ1v) is 9.15. The van der Waals surface area contributed by atoms with Crippen LogP contribution in [0, 0.1) is 28.1 Å². The maximum Gasteiger partial charge on any atom is 0.178 e. The molecule has 0 aliphatic heterocycles. The number of nitriles is 1. The summed E-state index contributed by atoms with van der Waals surface area (Å²) in [7, 11) is 0. The van der Waals surface area contributed by atoms with E-state index in [2.05, 4.69) is 30.9 Å². The number of fused-ring (bicyclic) bond motifs is 1. The third kappa shape index (κ3) is 3.43. The van der Waals surface area contributed by atoms with Gasteiger partial charge in [0.2, 0.25) is 0 Å².